The quantitative estimate of drug-likeness (QED) is 0.143. The molecule has 0 N–H and O–H groups in total. The lowest BCUT2D eigenvalue weighted by atomic mass is 9.74. The van der Waals surface area contributed by atoms with Gasteiger partial charge < -0.3 is 0 Å². The minimum absolute atomic E-state index is 0.542. The first kappa shape index (κ1) is 96.1. The summed E-state index contributed by atoms with van der Waals surface area (Å²) in [6.45, 7) is 78.4. The van der Waals surface area contributed by atoms with Gasteiger partial charge in [0.2, 0.25) is 0 Å². The minimum Gasteiger partial charge on any atom is -0.0654 e. The van der Waals surface area contributed by atoms with Crippen LogP contribution in [0.1, 0.15) is 447 Å². The summed E-state index contributed by atoms with van der Waals surface area (Å²) in [7, 11) is 0. The van der Waals surface area contributed by atoms with E-state index in [0.29, 0.717) is 21.7 Å². The van der Waals surface area contributed by atoms with Crippen LogP contribution < -0.4 is 0 Å². The van der Waals surface area contributed by atoms with Crippen LogP contribution in [0.15, 0.2) is 0 Å². The molecule has 6 aliphatic rings. The van der Waals surface area contributed by atoms with E-state index in [4.69, 9.17) is 0 Å². The van der Waals surface area contributed by atoms with Crippen molar-refractivity contribution in [1.29, 1.82) is 0 Å². The van der Waals surface area contributed by atoms with Crippen LogP contribution in [-0.2, 0) is 0 Å². The number of rotatable bonds is 15. The predicted molar refractivity (Wildman–Crippen MR) is 404 cm³/mol. The Labute approximate surface area is 548 Å². The summed E-state index contributed by atoms with van der Waals surface area (Å²) in [5, 5.41) is 0. The van der Waals surface area contributed by atoms with Crippen LogP contribution in [0.3, 0.4) is 0 Å². The maximum atomic E-state index is 2.40. The minimum atomic E-state index is 0.542. The van der Waals surface area contributed by atoms with E-state index >= 15 is 0 Å². The fourth-order valence-corrected chi connectivity index (χ4v) is 11.9. The third-order valence-electron chi connectivity index (χ3n) is 21.8. The lowest BCUT2D eigenvalue weighted by Gasteiger charge is -2.31. The van der Waals surface area contributed by atoms with Crippen molar-refractivity contribution in [2.24, 2.45) is 105 Å². The molecule has 0 heteroatoms. The van der Waals surface area contributed by atoms with Crippen LogP contribution in [0, 0.1) is 105 Å². The van der Waals surface area contributed by atoms with Crippen LogP contribution in [0.25, 0.3) is 0 Å². The molecule has 4 unspecified atom stereocenters. The van der Waals surface area contributed by atoms with Crippen LogP contribution in [0.2, 0.25) is 0 Å². The predicted octanol–water partition coefficient (Wildman–Crippen LogP) is 32.0. The van der Waals surface area contributed by atoms with Gasteiger partial charge in [0.05, 0.1) is 0 Å². The highest BCUT2D eigenvalue weighted by Gasteiger charge is 2.43. The largest absolute Gasteiger partial charge is 0.0654 e. The summed E-state index contributed by atoms with van der Waals surface area (Å²) < 4.78 is 0. The lowest BCUT2D eigenvalue weighted by Crippen LogP contribution is -2.24. The zero-order chi connectivity index (χ0) is 67.4. The highest BCUT2D eigenvalue weighted by atomic mass is 14.5. The summed E-state index contributed by atoms with van der Waals surface area (Å²) in [5.74, 6) is 13.6. The molecular weight excluding hydrogens is 1020 g/mol. The molecule has 0 aromatic carbocycles. The van der Waals surface area contributed by atoms with Crippen molar-refractivity contribution in [2.45, 2.75) is 447 Å². The molecule has 522 valence electrons. The zero-order valence-corrected chi connectivity index (χ0v) is 67.4. The Balaban J connectivity index is -0.000000201. The summed E-state index contributed by atoms with van der Waals surface area (Å²) >= 11 is 0. The maximum Gasteiger partial charge on any atom is -0.0323 e. The Morgan fingerprint density at radius 2 is 0.765 bits per heavy atom. The van der Waals surface area contributed by atoms with E-state index in [9.17, 15) is 0 Å². The highest BCUT2D eigenvalue weighted by molar-refractivity contribution is 4.93. The van der Waals surface area contributed by atoms with Gasteiger partial charge in [0.15, 0.2) is 0 Å². The summed E-state index contributed by atoms with van der Waals surface area (Å²) in [6.07, 6.45) is 46.8. The van der Waals surface area contributed by atoms with Gasteiger partial charge in [-0.15, -0.1) is 0 Å². The van der Waals surface area contributed by atoms with Gasteiger partial charge in [0, 0.05) is 0 Å². The molecule has 0 aliphatic heterocycles. The Bertz CT molecular complexity index is 1220. The SMILES string of the molecule is CC1C(C)(C)CCC1(C)C.CC1CC(C)C(C)C1.CC1CCC(C)C1C.CC1CCCCC1.CCC(C)(C)C.CCC(C)CC.CCCC(C)C.CCCC(C)C.CCCC1CC1.CCCCC(C)C.CCCCCCC.C[C@@H]1CCCC1(C)C. The van der Waals surface area contributed by atoms with Crippen LogP contribution in [0.4, 0.5) is 0 Å². The Hall–Kier alpha value is 0. The molecule has 6 aliphatic carbocycles. The van der Waals surface area contributed by atoms with Crippen LogP contribution in [0.5, 0.6) is 0 Å². The van der Waals surface area contributed by atoms with Gasteiger partial charge >= 0.3 is 0 Å². The molecule has 0 heterocycles. The summed E-state index contributed by atoms with van der Waals surface area (Å²) in [4.78, 5) is 0. The zero-order valence-electron chi connectivity index (χ0n) is 67.4. The molecule has 0 radical (unpaired) electrons. The Morgan fingerprint density at radius 3 is 0.882 bits per heavy atom. The molecule has 85 heavy (non-hydrogen) atoms. The van der Waals surface area contributed by atoms with E-state index < -0.39 is 0 Å². The molecule has 0 aromatic heterocycles. The molecule has 6 saturated carbocycles. The van der Waals surface area contributed by atoms with Crippen molar-refractivity contribution in [3.8, 4) is 0 Å². The molecule has 0 amide bonds. The van der Waals surface area contributed by atoms with Crippen molar-refractivity contribution >= 4 is 0 Å². The second kappa shape index (κ2) is 59.0. The molecule has 0 saturated heterocycles. The molecular formula is C85H182. The van der Waals surface area contributed by atoms with Gasteiger partial charge in [-0.3, -0.25) is 0 Å². The summed E-state index contributed by atoms with van der Waals surface area (Å²) in [5.41, 5.74) is 2.37. The molecule has 6 fully saturated rings. The average Bonchev–Trinajstić information content (AvgIpc) is 3.86. The standard InChI is InChI=1S/C10H20.3C8H16.C7H14.2C7H16.C6H12.4C6H14/c1-8-9(2,3)6-7-10(8,4)5;1-6-4-7(2)8(3)5-6;1-7-5-4-6-8(7,2)3;1-6-4-5-7(2)8(6)3;1-7-5-3-2-4-6-7;1-4-5-6-7(2)3;1-3-5-7-6-4-2;1-2-3-6-4-5-6;1-5-6(2,3)4;2*1-4-5-6(2)3;1-4-6(3)5-2/h8H,6-7H2,1-5H3;6-8H,4-5H2,1-3H3;7H,4-6H2,1-3H3;6-8H,4-5H2,1-3H3;7H,2-6H2,1H3;7H,4-6H2,1-3H3;3-7H2,1-2H3;6H,2-5H2,1H3;5H2,1-4H3;3*6H,4-5H2,1-3H3/t;;7-;;;;;;;;;/m..1........./s1. The second-order valence-electron chi connectivity index (χ2n) is 34.7. The smallest absolute Gasteiger partial charge is 0.0323 e. The second-order valence-corrected chi connectivity index (χ2v) is 34.7. The molecule has 0 bridgehead atoms. The van der Waals surface area contributed by atoms with E-state index in [1.807, 2.05) is 0 Å². The normalized spacial score (nSPS) is 24.1. The first-order valence-electron chi connectivity index (χ1n) is 39.3. The Morgan fingerprint density at radius 1 is 0.376 bits per heavy atom. The van der Waals surface area contributed by atoms with E-state index in [1.54, 1.807) is 0 Å². The Kier molecular flexibility index (Phi) is 66.8. The van der Waals surface area contributed by atoms with Crippen LogP contribution in [-0.4, -0.2) is 0 Å². The molecule has 5 atom stereocenters. The third-order valence-corrected chi connectivity index (χ3v) is 21.8. The maximum absolute atomic E-state index is 2.40. The van der Waals surface area contributed by atoms with E-state index in [1.165, 1.54) is 212 Å². The van der Waals surface area contributed by atoms with Gasteiger partial charge in [0.1, 0.15) is 0 Å². The van der Waals surface area contributed by atoms with E-state index in [0.717, 1.165) is 82.9 Å². The van der Waals surface area contributed by atoms with Crippen LogP contribution >= 0.6 is 0 Å². The van der Waals surface area contributed by atoms with Gasteiger partial charge in [-0.05, 0) is 137 Å². The van der Waals surface area contributed by atoms with Crippen molar-refractivity contribution in [3.63, 3.8) is 0 Å². The highest BCUT2D eigenvalue weighted by Crippen LogP contribution is 2.53. The van der Waals surface area contributed by atoms with Gasteiger partial charge in [0.25, 0.3) is 0 Å². The lowest BCUT2D eigenvalue weighted by molar-refractivity contribution is 0.179. The summed E-state index contributed by atoms with van der Waals surface area (Å²) in [6, 6.07) is 0. The number of hydrogen-bond donors (Lipinski definition) is 0. The topological polar surface area (TPSA) is 0 Å². The number of hydrogen-bond acceptors (Lipinski definition) is 0. The first-order chi connectivity index (χ1) is 39.3. The monoisotopic (exact) mass is 1200 g/mol. The van der Waals surface area contributed by atoms with Crippen molar-refractivity contribution in [3.05, 3.63) is 0 Å². The van der Waals surface area contributed by atoms with Gasteiger partial charge in [-0.1, -0.05) is 415 Å². The molecule has 0 spiro atoms. The first-order valence-corrected chi connectivity index (χ1v) is 39.3. The van der Waals surface area contributed by atoms with E-state index in [2.05, 4.69) is 235 Å². The molecule has 6 rings (SSSR count). The third kappa shape index (κ3) is 66.7. The molecule has 0 nitrogen and oxygen atoms in total. The molecule has 0 aromatic rings. The van der Waals surface area contributed by atoms with E-state index in [-0.39, 0.29) is 0 Å². The van der Waals surface area contributed by atoms with Gasteiger partial charge in [-0.25, -0.2) is 0 Å². The van der Waals surface area contributed by atoms with Crippen molar-refractivity contribution < 1.29 is 0 Å². The average molecular weight is 1200 g/mol. The number of unbranched alkanes of at least 4 members (excludes halogenated alkanes) is 5. The van der Waals surface area contributed by atoms with Crippen molar-refractivity contribution in [1.82, 2.24) is 0 Å². The fraction of sp³-hybridized carbons (Fsp3) is 1.00. The van der Waals surface area contributed by atoms with Crippen molar-refractivity contribution in [2.75, 3.05) is 0 Å². The van der Waals surface area contributed by atoms with Gasteiger partial charge in [-0.2, -0.15) is 0 Å². The fourth-order valence-electron chi connectivity index (χ4n) is 11.9.